The molecule has 0 N–H and O–H groups in total. The van der Waals surface area contributed by atoms with Gasteiger partial charge in [-0.05, 0) is 18.1 Å². The van der Waals surface area contributed by atoms with E-state index in [4.69, 9.17) is 9.47 Å². The van der Waals surface area contributed by atoms with Gasteiger partial charge in [0, 0.05) is 10.4 Å². The Kier molecular flexibility index (Phi) is 3.86. The van der Waals surface area contributed by atoms with Crippen molar-refractivity contribution in [3.63, 3.8) is 0 Å². The molecule has 0 unspecified atom stereocenters. The Morgan fingerprint density at radius 1 is 1.25 bits per heavy atom. The zero-order valence-electron chi connectivity index (χ0n) is 13.4. The molecule has 24 heavy (non-hydrogen) atoms. The highest BCUT2D eigenvalue weighted by molar-refractivity contribution is 7.18. The summed E-state index contributed by atoms with van der Waals surface area (Å²) in [6, 6.07) is 7.88. The van der Waals surface area contributed by atoms with Gasteiger partial charge in [0.25, 0.3) is 0 Å². The highest BCUT2D eigenvalue weighted by Gasteiger charge is 2.16. The molecule has 3 aromatic rings. The van der Waals surface area contributed by atoms with E-state index in [1.54, 1.807) is 11.3 Å². The van der Waals surface area contributed by atoms with Crippen LogP contribution in [0.2, 0.25) is 0 Å². The fourth-order valence-electron chi connectivity index (χ4n) is 2.52. The molecule has 0 saturated carbocycles. The molecule has 4 rings (SSSR count). The van der Waals surface area contributed by atoms with Crippen molar-refractivity contribution in [3.05, 3.63) is 41.0 Å². The third-order valence-corrected chi connectivity index (χ3v) is 5.12. The molecule has 7 heteroatoms. The molecule has 122 valence electrons. The highest BCUT2D eigenvalue weighted by atomic mass is 32.1. The third kappa shape index (κ3) is 2.71. The Morgan fingerprint density at radius 2 is 2.17 bits per heavy atom. The molecule has 0 fully saturated rings. The van der Waals surface area contributed by atoms with Gasteiger partial charge < -0.3 is 9.47 Å². The van der Waals surface area contributed by atoms with Crippen LogP contribution in [0.3, 0.4) is 0 Å². The van der Waals surface area contributed by atoms with E-state index in [-0.39, 0.29) is 6.79 Å². The summed E-state index contributed by atoms with van der Waals surface area (Å²) >= 11 is 1.68. The quantitative estimate of drug-likeness (QED) is 0.638. The van der Waals surface area contributed by atoms with Gasteiger partial charge in [-0.25, -0.2) is 9.97 Å². The Hall–Kier alpha value is -2.54. The first kappa shape index (κ1) is 15.0. The second-order valence-corrected chi connectivity index (χ2v) is 6.83. The lowest BCUT2D eigenvalue weighted by Crippen LogP contribution is -1.94. The molecule has 0 amide bonds. The lowest BCUT2D eigenvalue weighted by Gasteiger charge is -2.01. The zero-order chi connectivity index (χ0) is 16.5. The van der Waals surface area contributed by atoms with E-state index >= 15 is 0 Å². The van der Waals surface area contributed by atoms with Crippen molar-refractivity contribution in [3.8, 4) is 11.5 Å². The minimum Gasteiger partial charge on any atom is -0.454 e. The average Bonchev–Trinajstić information content (AvgIpc) is 3.22. The summed E-state index contributed by atoms with van der Waals surface area (Å²) in [5.74, 6) is 2.57. The van der Waals surface area contributed by atoms with Gasteiger partial charge in [-0.15, -0.1) is 16.5 Å². The van der Waals surface area contributed by atoms with Crippen molar-refractivity contribution in [2.24, 2.45) is 10.2 Å². The number of fused-ring (bicyclic) bond motifs is 2. The fraction of sp³-hybridized carbons (Fsp3) is 0.294. The number of azo groups is 1. The highest BCUT2D eigenvalue weighted by Crippen LogP contribution is 2.36. The topological polar surface area (TPSA) is 69.0 Å². The van der Waals surface area contributed by atoms with Crippen molar-refractivity contribution in [1.29, 1.82) is 0 Å². The second kappa shape index (κ2) is 6.16. The van der Waals surface area contributed by atoms with Crippen LogP contribution in [-0.4, -0.2) is 16.8 Å². The van der Waals surface area contributed by atoms with E-state index < -0.39 is 0 Å². The number of hydrogen-bond acceptors (Lipinski definition) is 7. The lowest BCUT2D eigenvalue weighted by atomic mass is 10.2. The van der Waals surface area contributed by atoms with Crippen LogP contribution >= 0.6 is 11.3 Å². The minimum atomic E-state index is 0.253. The monoisotopic (exact) mass is 340 g/mol. The SMILES string of the molecule is CC(C)c1cc2c(N=NCc3cccc4c3OCO4)ncnc2s1. The van der Waals surface area contributed by atoms with Gasteiger partial charge in [0.1, 0.15) is 11.2 Å². The van der Waals surface area contributed by atoms with Crippen LogP contribution < -0.4 is 9.47 Å². The summed E-state index contributed by atoms with van der Waals surface area (Å²) in [4.78, 5) is 10.8. The first-order valence-electron chi connectivity index (χ1n) is 7.72. The number of hydrogen-bond donors (Lipinski definition) is 0. The normalized spacial score (nSPS) is 13.5. The molecule has 0 spiro atoms. The number of benzene rings is 1. The third-order valence-electron chi connectivity index (χ3n) is 3.78. The van der Waals surface area contributed by atoms with E-state index in [9.17, 15) is 0 Å². The van der Waals surface area contributed by atoms with Gasteiger partial charge in [0.15, 0.2) is 17.3 Å². The van der Waals surface area contributed by atoms with Gasteiger partial charge in [0.2, 0.25) is 6.79 Å². The smallest absolute Gasteiger partial charge is 0.231 e. The van der Waals surface area contributed by atoms with Crippen LogP contribution in [0, 0.1) is 0 Å². The van der Waals surface area contributed by atoms with Gasteiger partial charge in [-0.1, -0.05) is 26.0 Å². The van der Waals surface area contributed by atoms with Crippen LogP contribution in [0.15, 0.2) is 40.8 Å². The molecule has 0 saturated heterocycles. The van der Waals surface area contributed by atoms with E-state index in [0.717, 1.165) is 27.3 Å². The summed E-state index contributed by atoms with van der Waals surface area (Å²) in [6.07, 6.45) is 1.54. The maximum absolute atomic E-state index is 5.48. The molecule has 0 bridgehead atoms. The number of para-hydroxylation sites is 1. The van der Waals surface area contributed by atoms with Crippen molar-refractivity contribution >= 4 is 27.4 Å². The molecule has 0 aliphatic carbocycles. The van der Waals surface area contributed by atoms with E-state index in [1.807, 2.05) is 18.2 Å². The van der Waals surface area contributed by atoms with Crippen LogP contribution in [-0.2, 0) is 6.54 Å². The summed E-state index contributed by atoms with van der Waals surface area (Å²) in [6.45, 7) is 5.00. The molecule has 1 aromatic carbocycles. The summed E-state index contributed by atoms with van der Waals surface area (Å²) < 4.78 is 10.9. The van der Waals surface area contributed by atoms with E-state index in [0.29, 0.717) is 18.3 Å². The molecule has 0 radical (unpaired) electrons. The van der Waals surface area contributed by atoms with Crippen LogP contribution in [0.1, 0.15) is 30.2 Å². The van der Waals surface area contributed by atoms with Crippen LogP contribution in [0.25, 0.3) is 10.2 Å². The number of aromatic nitrogens is 2. The van der Waals surface area contributed by atoms with Crippen molar-refractivity contribution in [2.45, 2.75) is 26.3 Å². The number of thiophene rings is 1. The molecule has 1 aliphatic rings. The van der Waals surface area contributed by atoms with E-state index in [1.165, 1.54) is 11.2 Å². The van der Waals surface area contributed by atoms with Crippen molar-refractivity contribution in [2.75, 3.05) is 6.79 Å². The van der Waals surface area contributed by atoms with Crippen LogP contribution in [0.4, 0.5) is 5.82 Å². The summed E-state index contributed by atoms with van der Waals surface area (Å²) in [7, 11) is 0. The first-order chi connectivity index (χ1) is 11.7. The summed E-state index contributed by atoms with van der Waals surface area (Å²) in [5.41, 5.74) is 0.951. The minimum absolute atomic E-state index is 0.253. The second-order valence-electron chi connectivity index (χ2n) is 5.77. The standard InChI is InChI=1S/C17H16N4O2S/c1-10(2)14-6-12-16(18-8-19-17(12)24-14)21-20-7-11-4-3-5-13-15(11)23-9-22-13/h3-6,8,10H,7,9H2,1-2H3. The van der Waals surface area contributed by atoms with Crippen LogP contribution in [0.5, 0.6) is 11.5 Å². The molecule has 2 aromatic heterocycles. The van der Waals surface area contributed by atoms with Gasteiger partial charge in [-0.2, -0.15) is 5.11 Å². The van der Waals surface area contributed by atoms with Gasteiger partial charge >= 0.3 is 0 Å². The Labute approximate surface area is 143 Å². The van der Waals surface area contributed by atoms with E-state index in [2.05, 4.69) is 40.1 Å². The predicted molar refractivity (Wildman–Crippen MR) is 92.3 cm³/mol. The molecular weight excluding hydrogens is 324 g/mol. The molecule has 3 heterocycles. The molecule has 1 aliphatic heterocycles. The number of nitrogens with zero attached hydrogens (tertiary/aromatic N) is 4. The van der Waals surface area contributed by atoms with Gasteiger partial charge in [0.05, 0.1) is 11.9 Å². The lowest BCUT2D eigenvalue weighted by molar-refractivity contribution is 0.173. The number of ether oxygens (including phenoxy) is 2. The van der Waals surface area contributed by atoms with Crippen molar-refractivity contribution in [1.82, 2.24) is 9.97 Å². The number of rotatable bonds is 4. The summed E-state index contributed by atoms with van der Waals surface area (Å²) in [5, 5.41) is 9.56. The predicted octanol–water partition coefficient (Wildman–Crippen LogP) is 4.83. The first-order valence-corrected chi connectivity index (χ1v) is 8.53. The van der Waals surface area contributed by atoms with Gasteiger partial charge in [-0.3, -0.25) is 0 Å². The maximum Gasteiger partial charge on any atom is 0.231 e. The average molecular weight is 340 g/mol. The van der Waals surface area contributed by atoms with Crippen molar-refractivity contribution < 1.29 is 9.47 Å². The maximum atomic E-state index is 5.48. The Balaban J connectivity index is 1.60. The Bertz CT molecular complexity index is 920. The fourth-order valence-corrected chi connectivity index (χ4v) is 3.52. The molecule has 0 atom stereocenters. The molecular formula is C17H16N4O2S. The largest absolute Gasteiger partial charge is 0.454 e. The molecule has 6 nitrogen and oxygen atoms in total. The zero-order valence-corrected chi connectivity index (χ0v) is 14.2. The Morgan fingerprint density at radius 3 is 3.04 bits per heavy atom.